The number of hydrogen-bond acceptors (Lipinski definition) is 5. The van der Waals surface area contributed by atoms with Crippen molar-refractivity contribution in [1.29, 1.82) is 0 Å². The van der Waals surface area contributed by atoms with Gasteiger partial charge in [0.15, 0.2) is 6.29 Å². The predicted molar refractivity (Wildman–Crippen MR) is 52.1 cm³/mol. The van der Waals surface area contributed by atoms with Gasteiger partial charge in [-0.1, -0.05) is 0 Å². The lowest BCUT2D eigenvalue weighted by Gasteiger charge is -2.23. The highest BCUT2D eigenvalue weighted by molar-refractivity contribution is 5.15. The summed E-state index contributed by atoms with van der Waals surface area (Å²) in [5.74, 6) is 4.91. The number of rotatable bonds is 5. The number of aromatic nitrogens is 1. The second-order valence-corrected chi connectivity index (χ2v) is 2.92. The summed E-state index contributed by atoms with van der Waals surface area (Å²) in [6.07, 6.45) is 2.02. The quantitative estimate of drug-likeness (QED) is 0.421. The van der Waals surface area contributed by atoms with Crippen molar-refractivity contribution in [3.8, 4) is 0 Å². The van der Waals surface area contributed by atoms with Crippen molar-refractivity contribution in [2.24, 2.45) is 5.84 Å². The molecule has 0 radical (unpaired) electrons. The Morgan fingerprint density at radius 2 is 2.07 bits per heavy atom. The topological polar surface area (TPSA) is 69.4 Å². The number of hydrazine groups is 1. The third-order valence-corrected chi connectivity index (χ3v) is 2.00. The maximum absolute atomic E-state index is 12.9. The molecule has 5 nitrogen and oxygen atoms in total. The van der Waals surface area contributed by atoms with Gasteiger partial charge >= 0.3 is 0 Å². The summed E-state index contributed by atoms with van der Waals surface area (Å²) in [6.45, 7) is 0. The van der Waals surface area contributed by atoms with Crippen LogP contribution in [0, 0.1) is 5.82 Å². The Kier molecular flexibility index (Phi) is 4.57. The Bertz CT molecular complexity index is 307. The fourth-order valence-corrected chi connectivity index (χ4v) is 1.30. The summed E-state index contributed by atoms with van der Waals surface area (Å²) in [5, 5.41) is 0. The predicted octanol–water partition coefficient (Wildman–Crippen LogP) is 0.344. The number of methoxy groups -OCH3 is 2. The van der Waals surface area contributed by atoms with Crippen LogP contribution in [0.5, 0.6) is 0 Å². The lowest BCUT2D eigenvalue weighted by atomic mass is 10.1. The van der Waals surface area contributed by atoms with Gasteiger partial charge < -0.3 is 9.47 Å². The second kappa shape index (κ2) is 5.72. The van der Waals surface area contributed by atoms with Crippen LogP contribution >= 0.6 is 0 Å². The zero-order valence-corrected chi connectivity index (χ0v) is 8.61. The number of nitrogens with one attached hydrogen (secondary N) is 1. The van der Waals surface area contributed by atoms with E-state index in [0.29, 0.717) is 5.56 Å². The Morgan fingerprint density at radius 3 is 2.53 bits per heavy atom. The number of hydrogen-bond donors (Lipinski definition) is 2. The van der Waals surface area contributed by atoms with E-state index >= 15 is 0 Å². The van der Waals surface area contributed by atoms with E-state index in [0.717, 1.165) is 6.20 Å². The summed E-state index contributed by atoms with van der Waals surface area (Å²) in [4.78, 5) is 3.72. The highest BCUT2D eigenvalue weighted by Crippen LogP contribution is 2.18. The fourth-order valence-electron chi connectivity index (χ4n) is 1.30. The zero-order valence-electron chi connectivity index (χ0n) is 8.61. The molecule has 1 rings (SSSR count). The van der Waals surface area contributed by atoms with Crippen molar-refractivity contribution in [3.63, 3.8) is 0 Å². The maximum atomic E-state index is 12.9. The van der Waals surface area contributed by atoms with Crippen LogP contribution in [0.4, 0.5) is 4.39 Å². The summed E-state index contributed by atoms with van der Waals surface area (Å²) in [7, 11) is 2.95. The van der Waals surface area contributed by atoms with Crippen LogP contribution in [0.25, 0.3) is 0 Å². The molecule has 0 fully saturated rings. The van der Waals surface area contributed by atoms with Crippen LogP contribution in [0.2, 0.25) is 0 Å². The molecule has 1 aromatic rings. The first-order valence-corrected chi connectivity index (χ1v) is 4.35. The standard InChI is InChI=1S/C9H14FN3O2/c1-14-9(15-2)8(13-11)6-3-7(10)5-12-4-6/h3-5,8-9,13H,11H2,1-2H3. The number of pyridine rings is 1. The lowest BCUT2D eigenvalue weighted by Crippen LogP contribution is -2.38. The molecule has 0 aliphatic rings. The molecule has 0 aromatic carbocycles. The first-order chi connectivity index (χ1) is 7.22. The molecule has 0 saturated heterocycles. The van der Waals surface area contributed by atoms with Gasteiger partial charge in [0.1, 0.15) is 5.82 Å². The van der Waals surface area contributed by atoms with Crippen LogP contribution in [0.1, 0.15) is 11.6 Å². The molecule has 0 amide bonds. The smallest absolute Gasteiger partial charge is 0.177 e. The molecule has 6 heteroatoms. The van der Waals surface area contributed by atoms with Crippen LogP contribution in [-0.4, -0.2) is 25.5 Å². The van der Waals surface area contributed by atoms with Crippen molar-refractivity contribution in [1.82, 2.24) is 10.4 Å². The van der Waals surface area contributed by atoms with Crippen LogP contribution < -0.4 is 11.3 Å². The summed E-state index contributed by atoms with van der Waals surface area (Å²) in [5.41, 5.74) is 3.05. The van der Waals surface area contributed by atoms with E-state index in [-0.39, 0.29) is 0 Å². The van der Waals surface area contributed by atoms with Gasteiger partial charge in [0.2, 0.25) is 0 Å². The van der Waals surface area contributed by atoms with Crippen molar-refractivity contribution in [3.05, 3.63) is 29.8 Å². The third-order valence-electron chi connectivity index (χ3n) is 2.00. The van der Waals surface area contributed by atoms with Crippen molar-refractivity contribution < 1.29 is 13.9 Å². The average Bonchev–Trinajstić information content (AvgIpc) is 2.25. The van der Waals surface area contributed by atoms with E-state index in [1.807, 2.05) is 0 Å². The molecule has 0 aliphatic heterocycles. The molecule has 15 heavy (non-hydrogen) atoms. The molecule has 1 unspecified atom stereocenters. The molecular formula is C9H14FN3O2. The summed E-state index contributed by atoms with van der Waals surface area (Å²) >= 11 is 0. The zero-order chi connectivity index (χ0) is 11.3. The molecule has 1 atom stereocenters. The highest BCUT2D eigenvalue weighted by atomic mass is 19.1. The van der Waals surface area contributed by atoms with Gasteiger partial charge in [0.05, 0.1) is 12.2 Å². The molecule has 0 aliphatic carbocycles. The van der Waals surface area contributed by atoms with E-state index in [1.165, 1.54) is 26.5 Å². The summed E-state index contributed by atoms with van der Waals surface area (Å²) < 4.78 is 23.0. The van der Waals surface area contributed by atoms with Gasteiger partial charge in [0.25, 0.3) is 0 Å². The Hall–Kier alpha value is -1.08. The van der Waals surface area contributed by atoms with Gasteiger partial charge in [-0.2, -0.15) is 0 Å². The molecule has 1 heterocycles. The average molecular weight is 215 g/mol. The molecule has 0 saturated carbocycles. The minimum atomic E-state index is -0.599. The first-order valence-electron chi connectivity index (χ1n) is 4.35. The lowest BCUT2D eigenvalue weighted by molar-refractivity contribution is -0.124. The fraction of sp³-hybridized carbons (Fsp3) is 0.444. The number of nitrogens with two attached hydrogens (primary N) is 1. The second-order valence-electron chi connectivity index (χ2n) is 2.92. The molecule has 84 valence electrons. The van der Waals surface area contributed by atoms with E-state index < -0.39 is 18.1 Å². The number of ether oxygens (including phenoxy) is 2. The highest BCUT2D eigenvalue weighted by Gasteiger charge is 2.22. The van der Waals surface area contributed by atoms with E-state index in [4.69, 9.17) is 15.3 Å². The summed E-state index contributed by atoms with van der Waals surface area (Å²) in [6, 6.07) is 0.853. The van der Waals surface area contributed by atoms with Gasteiger partial charge in [-0.3, -0.25) is 10.8 Å². The Morgan fingerprint density at radius 1 is 1.40 bits per heavy atom. The van der Waals surface area contributed by atoms with Crippen molar-refractivity contribution >= 4 is 0 Å². The monoisotopic (exact) mass is 215 g/mol. The molecule has 0 spiro atoms. The minimum absolute atomic E-state index is 0.432. The SMILES string of the molecule is COC(OC)C(NN)c1cncc(F)c1. The van der Waals surface area contributed by atoms with Crippen molar-refractivity contribution in [2.75, 3.05) is 14.2 Å². The van der Waals surface area contributed by atoms with E-state index in [9.17, 15) is 4.39 Å². The van der Waals surface area contributed by atoms with Gasteiger partial charge in [0, 0.05) is 20.4 Å². The normalized spacial score (nSPS) is 13.1. The Balaban J connectivity index is 2.90. The van der Waals surface area contributed by atoms with Crippen molar-refractivity contribution in [2.45, 2.75) is 12.3 Å². The van der Waals surface area contributed by atoms with Crippen LogP contribution in [0.15, 0.2) is 18.5 Å². The minimum Gasteiger partial charge on any atom is -0.354 e. The van der Waals surface area contributed by atoms with E-state index in [1.54, 1.807) is 0 Å². The molecular weight excluding hydrogens is 201 g/mol. The van der Waals surface area contributed by atoms with Gasteiger partial charge in [-0.05, 0) is 11.6 Å². The number of nitrogens with zero attached hydrogens (tertiary/aromatic N) is 1. The molecule has 1 aromatic heterocycles. The van der Waals surface area contributed by atoms with Crippen LogP contribution in [-0.2, 0) is 9.47 Å². The van der Waals surface area contributed by atoms with Gasteiger partial charge in [-0.15, -0.1) is 0 Å². The third kappa shape index (κ3) is 2.93. The molecule has 0 bridgehead atoms. The number of halogens is 1. The Labute approximate surface area is 87.4 Å². The largest absolute Gasteiger partial charge is 0.354 e. The van der Waals surface area contributed by atoms with Crippen LogP contribution in [0.3, 0.4) is 0 Å². The first kappa shape index (κ1) is 12.0. The molecule has 3 N–H and O–H groups in total. The van der Waals surface area contributed by atoms with E-state index in [2.05, 4.69) is 10.4 Å². The maximum Gasteiger partial charge on any atom is 0.177 e. The van der Waals surface area contributed by atoms with Gasteiger partial charge in [-0.25, -0.2) is 9.82 Å².